The van der Waals surface area contributed by atoms with Crippen LogP contribution in [0, 0.1) is 6.92 Å². The Balaban J connectivity index is 1.52. The van der Waals surface area contributed by atoms with Gasteiger partial charge in [-0.2, -0.15) is 0 Å². The molecule has 5 rings (SSSR count). The maximum atomic E-state index is 12.6. The Bertz CT molecular complexity index is 1520. The Kier molecular flexibility index (Phi) is 4.89. The zero-order valence-corrected chi connectivity index (χ0v) is 18.2. The molecule has 164 valence electrons. The molecular weight excluding hydrogens is 430 g/mol. The molecular formula is C24H21NO6S. The normalized spacial score (nSPS) is 17.7. The van der Waals surface area contributed by atoms with Crippen LogP contribution in [0.1, 0.15) is 17.5 Å². The summed E-state index contributed by atoms with van der Waals surface area (Å²) in [6.07, 6.45) is 1.89. The Morgan fingerprint density at radius 1 is 1.12 bits per heavy atom. The first-order valence-corrected chi connectivity index (χ1v) is 12.2. The number of benzene rings is 2. The Hall–Kier alpha value is -3.39. The van der Waals surface area contributed by atoms with E-state index in [0.29, 0.717) is 23.2 Å². The maximum absolute atomic E-state index is 12.6. The third-order valence-corrected chi connectivity index (χ3v) is 7.77. The van der Waals surface area contributed by atoms with Gasteiger partial charge < -0.3 is 14.2 Å². The molecule has 1 aliphatic heterocycles. The maximum Gasteiger partial charge on any atom is 0.340 e. The van der Waals surface area contributed by atoms with E-state index in [1.54, 1.807) is 19.3 Å². The van der Waals surface area contributed by atoms with Crippen LogP contribution in [0.2, 0.25) is 0 Å². The molecule has 0 unspecified atom stereocenters. The second kappa shape index (κ2) is 7.63. The number of fused-ring (bicyclic) bond motifs is 2. The van der Waals surface area contributed by atoms with Crippen LogP contribution in [-0.2, 0) is 21.1 Å². The van der Waals surface area contributed by atoms with Crippen LogP contribution >= 0.6 is 0 Å². The SMILES string of the molecule is Cc1c(CC(=O)N[C@@H]2CCS(=O)(=O)C2)c(=O)oc2cc3occ(-c4ccccc4)c3cc12. The van der Waals surface area contributed by atoms with Gasteiger partial charge >= 0.3 is 5.63 Å². The average Bonchev–Trinajstić information content (AvgIpc) is 3.32. The molecule has 1 N–H and O–H groups in total. The fourth-order valence-electron chi connectivity index (χ4n) is 4.30. The summed E-state index contributed by atoms with van der Waals surface area (Å²) in [5.74, 6) is -0.388. The summed E-state index contributed by atoms with van der Waals surface area (Å²) < 4.78 is 34.5. The van der Waals surface area contributed by atoms with Gasteiger partial charge in [0, 0.05) is 28.4 Å². The van der Waals surface area contributed by atoms with Crippen LogP contribution in [-0.4, -0.2) is 31.9 Å². The Morgan fingerprint density at radius 3 is 2.62 bits per heavy atom. The lowest BCUT2D eigenvalue weighted by molar-refractivity contribution is -0.121. The molecule has 3 heterocycles. The van der Waals surface area contributed by atoms with E-state index < -0.39 is 27.4 Å². The lowest BCUT2D eigenvalue weighted by Crippen LogP contribution is -2.37. The number of amides is 1. The molecule has 2 aromatic heterocycles. The van der Waals surface area contributed by atoms with Crippen molar-refractivity contribution in [3.05, 3.63) is 70.3 Å². The van der Waals surface area contributed by atoms with Crippen molar-refractivity contribution in [2.75, 3.05) is 11.5 Å². The van der Waals surface area contributed by atoms with E-state index in [1.807, 2.05) is 36.4 Å². The van der Waals surface area contributed by atoms with Crippen molar-refractivity contribution < 1.29 is 22.0 Å². The summed E-state index contributed by atoms with van der Waals surface area (Å²) in [6.45, 7) is 1.79. The molecule has 1 saturated heterocycles. The molecule has 0 aliphatic carbocycles. The zero-order chi connectivity index (χ0) is 22.5. The third kappa shape index (κ3) is 3.71. The van der Waals surface area contributed by atoms with Crippen molar-refractivity contribution in [1.29, 1.82) is 0 Å². The van der Waals surface area contributed by atoms with E-state index in [0.717, 1.165) is 21.9 Å². The highest BCUT2D eigenvalue weighted by molar-refractivity contribution is 7.91. The molecule has 1 aliphatic rings. The van der Waals surface area contributed by atoms with Gasteiger partial charge in [0.1, 0.15) is 11.2 Å². The summed E-state index contributed by atoms with van der Waals surface area (Å²) >= 11 is 0. The largest absolute Gasteiger partial charge is 0.464 e. The van der Waals surface area contributed by atoms with Crippen LogP contribution in [0.3, 0.4) is 0 Å². The summed E-state index contributed by atoms with van der Waals surface area (Å²) in [5, 5.41) is 4.33. The van der Waals surface area contributed by atoms with Crippen LogP contribution in [0.5, 0.6) is 0 Å². The van der Waals surface area contributed by atoms with Gasteiger partial charge in [0.2, 0.25) is 5.91 Å². The van der Waals surface area contributed by atoms with Gasteiger partial charge in [-0.15, -0.1) is 0 Å². The molecule has 32 heavy (non-hydrogen) atoms. The standard InChI is InChI=1S/C24H21NO6S/c1-14-17-9-19-20(15-5-3-2-4-6-15)12-30-21(19)11-22(17)31-24(27)18(14)10-23(26)25-16-7-8-32(28,29)13-16/h2-6,9,11-12,16H,7-8,10,13H2,1H3,(H,25,26)/t16-/m1/s1. The van der Waals surface area contributed by atoms with Gasteiger partial charge in [-0.1, -0.05) is 30.3 Å². The lowest BCUT2D eigenvalue weighted by atomic mass is 9.99. The number of carbonyl (C=O) groups excluding carboxylic acids is 1. The fraction of sp³-hybridized carbons (Fsp3) is 0.250. The highest BCUT2D eigenvalue weighted by Crippen LogP contribution is 2.34. The van der Waals surface area contributed by atoms with Gasteiger partial charge in [0.05, 0.1) is 29.8 Å². The zero-order valence-electron chi connectivity index (χ0n) is 17.4. The van der Waals surface area contributed by atoms with E-state index in [4.69, 9.17) is 8.83 Å². The summed E-state index contributed by atoms with van der Waals surface area (Å²) in [7, 11) is -3.11. The first-order valence-electron chi connectivity index (χ1n) is 10.3. The number of furan rings is 1. The van der Waals surface area contributed by atoms with Gasteiger partial charge in [0.25, 0.3) is 0 Å². The fourth-order valence-corrected chi connectivity index (χ4v) is 5.98. The van der Waals surface area contributed by atoms with Crippen molar-refractivity contribution in [3.8, 4) is 11.1 Å². The molecule has 7 nitrogen and oxygen atoms in total. The summed E-state index contributed by atoms with van der Waals surface area (Å²) in [5.41, 5.74) is 3.26. The van der Waals surface area contributed by atoms with E-state index in [-0.39, 0.29) is 23.5 Å². The molecule has 1 amide bonds. The highest BCUT2D eigenvalue weighted by atomic mass is 32.2. The molecule has 0 saturated carbocycles. The van der Waals surface area contributed by atoms with E-state index in [1.165, 1.54) is 0 Å². The predicted octanol–water partition coefficient (Wildman–Crippen LogP) is 3.36. The van der Waals surface area contributed by atoms with Gasteiger partial charge in [-0.05, 0) is 30.5 Å². The minimum atomic E-state index is -3.11. The molecule has 0 bridgehead atoms. The molecule has 0 radical (unpaired) electrons. The van der Waals surface area contributed by atoms with Crippen LogP contribution < -0.4 is 10.9 Å². The molecule has 1 atom stereocenters. The lowest BCUT2D eigenvalue weighted by Gasteiger charge is -2.12. The summed E-state index contributed by atoms with van der Waals surface area (Å²) in [4.78, 5) is 25.1. The Labute approximate surface area is 183 Å². The molecule has 4 aromatic rings. The predicted molar refractivity (Wildman–Crippen MR) is 121 cm³/mol. The van der Waals surface area contributed by atoms with Crippen molar-refractivity contribution in [2.45, 2.75) is 25.8 Å². The van der Waals surface area contributed by atoms with E-state index >= 15 is 0 Å². The summed E-state index contributed by atoms with van der Waals surface area (Å²) in [6, 6.07) is 13.0. The van der Waals surface area contributed by atoms with Crippen molar-refractivity contribution >= 4 is 37.7 Å². The first kappa shape index (κ1) is 20.5. The van der Waals surface area contributed by atoms with E-state index in [9.17, 15) is 18.0 Å². The number of aryl methyl sites for hydroxylation is 1. The Morgan fingerprint density at radius 2 is 1.91 bits per heavy atom. The average molecular weight is 452 g/mol. The molecule has 8 heteroatoms. The smallest absolute Gasteiger partial charge is 0.340 e. The van der Waals surface area contributed by atoms with Gasteiger partial charge in [-0.25, -0.2) is 13.2 Å². The number of hydrogen-bond donors (Lipinski definition) is 1. The third-order valence-electron chi connectivity index (χ3n) is 6.00. The van der Waals surface area contributed by atoms with Crippen LogP contribution in [0.25, 0.3) is 33.1 Å². The molecule has 1 fully saturated rings. The minimum Gasteiger partial charge on any atom is -0.464 e. The number of hydrogen-bond acceptors (Lipinski definition) is 6. The quantitative estimate of drug-likeness (QED) is 0.477. The van der Waals surface area contributed by atoms with Gasteiger partial charge in [-0.3, -0.25) is 4.79 Å². The first-order chi connectivity index (χ1) is 15.3. The second-order valence-electron chi connectivity index (χ2n) is 8.20. The molecule has 0 spiro atoms. The topological polar surface area (TPSA) is 107 Å². The molecule has 2 aromatic carbocycles. The van der Waals surface area contributed by atoms with Crippen molar-refractivity contribution in [2.24, 2.45) is 0 Å². The number of nitrogens with one attached hydrogen (secondary N) is 1. The monoisotopic (exact) mass is 451 g/mol. The number of rotatable bonds is 4. The number of carbonyl (C=O) groups is 1. The van der Waals surface area contributed by atoms with Crippen molar-refractivity contribution in [1.82, 2.24) is 5.32 Å². The van der Waals surface area contributed by atoms with Gasteiger partial charge in [0.15, 0.2) is 9.84 Å². The van der Waals surface area contributed by atoms with E-state index in [2.05, 4.69) is 5.32 Å². The van der Waals surface area contributed by atoms with Crippen molar-refractivity contribution in [3.63, 3.8) is 0 Å². The van der Waals surface area contributed by atoms with Crippen LogP contribution in [0.4, 0.5) is 0 Å². The second-order valence-corrected chi connectivity index (χ2v) is 10.4. The minimum absolute atomic E-state index is 0.0647. The van der Waals surface area contributed by atoms with Crippen LogP contribution in [0.15, 0.2) is 62.4 Å². The number of sulfone groups is 1. The highest BCUT2D eigenvalue weighted by Gasteiger charge is 2.29.